The molecule has 0 radical (unpaired) electrons. The van der Waals surface area contributed by atoms with E-state index in [1.807, 2.05) is 48.5 Å². The first-order valence-electron chi connectivity index (χ1n) is 9.30. The predicted octanol–water partition coefficient (Wildman–Crippen LogP) is 4.03. The normalized spacial score (nSPS) is 20.6. The van der Waals surface area contributed by atoms with Crippen molar-refractivity contribution in [1.82, 2.24) is 0 Å². The van der Waals surface area contributed by atoms with Gasteiger partial charge in [-0.15, -0.1) is 0 Å². The molecule has 1 aliphatic heterocycles. The minimum atomic E-state index is -0.891. The Morgan fingerprint density at radius 3 is 2.50 bits per heavy atom. The molecule has 1 saturated heterocycles. The molecular weight excluding hydrogens is 360 g/mol. The van der Waals surface area contributed by atoms with Crippen molar-refractivity contribution in [3.05, 3.63) is 59.7 Å². The molecule has 0 saturated carbocycles. The summed E-state index contributed by atoms with van der Waals surface area (Å²) in [6.45, 7) is 6.01. The smallest absolute Gasteiger partial charge is 0.338 e. The molecule has 1 aliphatic rings. The molecular formula is C22H26O6. The molecule has 2 aromatic rings. The quantitative estimate of drug-likeness (QED) is 0.670. The molecule has 1 heterocycles. The fourth-order valence-corrected chi connectivity index (χ4v) is 3.12. The van der Waals surface area contributed by atoms with E-state index in [4.69, 9.17) is 23.7 Å². The highest BCUT2D eigenvalue weighted by molar-refractivity contribution is 5.76. The summed E-state index contributed by atoms with van der Waals surface area (Å²) < 4.78 is 28.3. The maximum Gasteiger partial charge on any atom is 0.338 e. The standard InChI is InChI=1S/C22H26O6/c1-5-25-21(23)20-19(27-22(2,3)28-20)16-11-12-17(18(13-16)24-4)26-14-15-9-7-6-8-10-15/h6-13,19-20H,5,14H2,1-4H3/t19-,20+/m0/s1. The first kappa shape index (κ1) is 20.2. The van der Waals surface area contributed by atoms with Crippen molar-refractivity contribution < 1.29 is 28.5 Å². The highest BCUT2D eigenvalue weighted by Crippen LogP contribution is 2.41. The number of carbonyl (C=O) groups is 1. The Hall–Kier alpha value is -2.57. The van der Waals surface area contributed by atoms with Crippen LogP contribution in [0.4, 0.5) is 0 Å². The van der Waals surface area contributed by atoms with Gasteiger partial charge in [-0.2, -0.15) is 0 Å². The Labute approximate surface area is 165 Å². The van der Waals surface area contributed by atoms with E-state index in [9.17, 15) is 4.79 Å². The number of hydrogen-bond donors (Lipinski definition) is 0. The van der Waals surface area contributed by atoms with Crippen molar-refractivity contribution >= 4 is 5.97 Å². The molecule has 2 atom stereocenters. The van der Waals surface area contributed by atoms with Crippen LogP contribution in [0.15, 0.2) is 48.5 Å². The zero-order valence-corrected chi connectivity index (χ0v) is 16.6. The molecule has 2 aromatic carbocycles. The van der Waals surface area contributed by atoms with Crippen molar-refractivity contribution in [3.63, 3.8) is 0 Å². The van der Waals surface area contributed by atoms with Crippen LogP contribution in [0.25, 0.3) is 0 Å². The summed E-state index contributed by atoms with van der Waals surface area (Å²) in [6, 6.07) is 15.4. The van der Waals surface area contributed by atoms with Gasteiger partial charge < -0.3 is 23.7 Å². The molecule has 0 unspecified atom stereocenters. The van der Waals surface area contributed by atoms with Crippen LogP contribution in [-0.2, 0) is 25.6 Å². The summed E-state index contributed by atoms with van der Waals surface area (Å²) in [5.41, 5.74) is 1.82. The maximum absolute atomic E-state index is 12.3. The van der Waals surface area contributed by atoms with Gasteiger partial charge in [-0.3, -0.25) is 0 Å². The molecule has 0 bridgehead atoms. The van der Waals surface area contributed by atoms with Gasteiger partial charge in [-0.1, -0.05) is 36.4 Å². The molecule has 0 N–H and O–H groups in total. The van der Waals surface area contributed by atoms with Crippen LogP contribution in [-0.4, -0.2) is 31.6 Å². The molecule has 150 valence electrons. The summed E-state index contributed by atoms with van der Waals surface area (Å²) in [5, 5.41) is 0. The van der Waals surface area contributed by atoms with Gasteiger partial charge in [-0.05, 0) is 44.0 Å². The fraction of sp³-hybridized carbons (Fsp3) is 0.409. The number of hydrogen-bond acceptors (Lipinski definition) is 6. The van der Waals surface area contributed by atoms with Crippen molar-refractivity contribution in [3.8, 4) is 11.5 Å². The topological polar surface area (TPSA) is 63.2 Å². The molecule has 28 heavy (non-hydrogen) atoms. The van der Waals surface area contributed by atoms with Crippen molar-refractivity contribution in [2.45, 2.75) is 45.4 Å². The van der Waals surface area contributed by atoms with E-state index in [0.717, 1.165) is 11.1 Å². The van der Waals surface area contributed by atoms with E-state index in [-0.39, 0.29) is 6.61 Å². The van der Waals surface area contributed by atoms with Crippen molar-refractivity contribution in [2.75, 3.05) is 13.7 Å². The Balaban J connectivity index is 1.80. The Kier molecular flexibility index (Phi) is 6.21. The SMILES string of the molecule is CCOC(=O)[C@@H]1OC(C)(C)O[C@H]1c1ccc(OCc2ccccc2)c(OC)c1. The Morgan fingerprint density at radius 2 is 1.82 bits per heavy atom. The lowest BCUT2D eigenvalue weighted by Gasteiger charge is -2.18. The van der Waals surface area contributed by atoms with Gasteiger partial charge >= 0.3 is 5.97 Å². The second-order valence-electron chi connectivity index (χ2n) is 6.91. The Morgan fingerprint density at radius 1 is 1.07 bits per heavy atom. The van der Waals surface area contributed by atoms with Crippen LogP contribution < -0.4 is 9.47 Å². The van der Waals surface area contributed by atoms with E-state index in [1.165, 1.54) is 0 Å². The molecule has 1 fully saturated rings. The number of benzene rings is 2. The van der Waals surface area contributed by atoms with Crippen LogP contribution in [0, 0.1) is 0 Å². The number of carbonyl (C=O) groups excluding carboxylic acids is 1. The minimum absolute atomic E-state index is 0.279. The number of esters is 1. The largest absolute Gasteiger partial charge is 0.493 e. The molecule has 0 aliphatic carbocycles. The third kappa shape index (κ3) is 4.64. The van der Waals surface area contributed by atoms with E-state index in [2.05, 4.69) is 0 Å². The van der Waals surface area contributed by atoms with Gasteiger partial charge in [0.2, 0.25) is 0 Å². The van der Waals surface area contributed by atoms with Gasteiger partial charge in [0.05, 0.1) is 13.7 Å². The number of methoxy groups -OCH3 is 1. The molecule has 6 nitrogen and oxygen atoms in total. The van der Waals surface area contributed by atoms with E-state index >= 15 is 0 Å². The van der Waals surface area contributed by atoms with Gasteiger partial charge in [0.25, 0.3) is 0 Å². The minimum Gasteiger partial charge on any atom is -0.493 e. The van der Waals surface area contributed by atoms with Gasteiger partial charge in [-0.25, -0.2) is 4.79 Å². The summed E-state index contributed by atoms with van der Waals surface area (Å²) in [6.07, 6.45) is -1.43. The fourth-order valence-electron chi connectivity index (χ4n) is 3.12. The average Bonchev–Trinajstić information content (AvgIpc) is 3.03. The lowest BCUT2D eigenvalue weighted by molar-refractivity contribution is -0.170. The summed E-state index contributed by atoms with van der Waals surface area (Å²) in [7, 11) is 1.58. The molecule has 0 amide bonds. The molecule has 3 rings (SSSR count). The first-order valence-corrected chi connectivity index (χ1v) is 9.30. The predicted molar refractivity (Wildman–Crippen MR) is 103 cm³/mol. The van der Waals surface area contributed by atoms with Crippen LogP contribution in [0.5, 0.6) is 11.5 Å². The monoisotopic (exact) mass is 386 g/mol. The highest BCUT2D eigenvalue weighted by Gasteiger charge is 2.47. The van der Waals surface area contributed by atoms with E-state index < -0.39 is 24.0 Å². The third-order valence-electron chi connectivity index (χ3n) is 4.37. The van der Waals surface area contributed by atoms with Crippen LogP contribution >= 0.6 is 0 Å². The molecule has 0 aromatic heterocycles. The van der Waals surface area contributed by atoms with E-state index in [1.54, 1.807) is 27.9 Å². The highest BCUT2D eigenvalue weighted by atomic mass is 16.8. The zero-order valence-electron chi connectivity index (χ0n) is 16.6. The molecule has 0 spiro atoms. The summed E-state index contributed by atoms with van der Waals surface area (Å²) in [5.74, 6) is -0.163. The first-order chi connectivity index (χ1) is 13.4. The maximum atomic E-state index is 12.3. The van der Waals surface area contributed by atoms with Crippen LogP contribution in [0.1, 0.15) is 38.0 Å². The van der Waals surface area contributed by atoms with Gasteiger partial charge in [0, 0.05) is 0 Å². The van der Waals surface area contributed by atoms with Crippen molar-refractivity contribution in [1.29, 1.82) is 0 Å². The second kappa shape index (κ2) is 8.63. The van der Waals surface area contributed by atoms with Crippen LogP contribution in [0.2, 0.25) is 0 Å². The summed E-state index contributed by atoms with van der Waals surface area (Å²) in [4.78, 5) is 12.3. The van der Waals surface area contributed by atoms with Gasteiger partial charge in [0.1, 0.15) is 12.7 Å². The molecule has 6 heteroatoms. The van der Waals surface area contributed by atoms with Gasteiger partial charge in [0.15, 0.2) is 23.4 Å². The average molecular weight is 386 g/mol. The van der Waals surface area contributed by atoms with Crippen molar-refractivity contribution in [2.24, 2.45) is 0 Å². The number of rotatable bonds is 7. The Bertz CT molecular complexity index is 802. The zero-order chi connectivity index (χ0) is 20.1. The number of ether oxygens (including phenoxy) is 5. The lowest BCUT2D eigenvalue weighted by Crippen LogP contribution is -2.29. The lowest BCUT2D eigenvalue weighted by atomic mass is 10.0. The van der Waals surface area contributed by atoms with E-state index in [0.29, 0.717) is 18.1 Å². The van der Waals surface area contributed by atoms with Crippen LogP contribution in [0.3, 0.4) is 0 Å². The second-order valence-corrected chi connectivity index (χ2v) is 6.91. The third-order valence-corrected chi connectivity index (χ3v) is 4.37. The summed E-state index contributed by atoms with van der Waals surface area (Å²) >= 11 is 0.